The van der Waals surface area contributed by atoms with Crippen LogP contribution >= 0.6 is 0 Å². The van der Waals surface area contributed by atoms with Gasteiger partial charge in [-0.05, 0) is 81.5 Å². The van der Waals surface area contributed by atoms with Gasteiger partial charge in [-0.15, -0.1) is 0 Å². The van der Waals surface area contributed by atoms with E-state index in [0.29, 0.717) is 36.2 Å². The van der Waals surface area contributed by atoms with Crippen molar-refractivity contribution in [3.05, 3.63) is 24.3 Å². The second-order valence-corrected chi connectivity index (χ2v) is 12.3. The first-order chi connectivity index (χ1) is 17.2. The average molecular weight is 503 g/mol. The molecule has 0 atom stereocenters. The van der Waals surface area contributed by atoms with Crippen molar-refractivity contribution in [3.63, 3.8) is 0 Å². The molecule has 0 saturated heterocycles. The minimum absolute atomic E-state index is 0.228. The van der Waals surface area contributed by atoms with E-state index in [1.54, 1.807) is 13.8 Å². The molecule has 3 aliphatic carbocycles. The molecule has 206 valence electrons. The van der Waals surface area contributed by atoms with Gasteiger partial charge in [-0.1, -0.05) is 84.8 Å². The van der Waals surface area contributed by atoms with Crippen LogP contribution in [0.15, 0.2) is 24.3 Å². The van der Waals surface area contributed by atoms with Crippen molar-refractivity contribution in [2.75, 3.05) is 13.2 Å². The fraction of sp³-hybridized carbons (Fsp3) is 0.812. The van der Waals surface area contributed by atoms with Gasteiger partial charge < -0.3 is 9.47 Å². The minimum Gasteiger partial charge on any atom is -0.462 e. The molecule has 3 fully saturated rings. The van der Waals surface area contributed by atoms with E-state index in [0.717, 1.165) is 23.7 Å². The van der Waals surface area contributed by atoms with Crippen molar-refractivity contribution >= 4 is 11.9 Å². The molecule has 0 heterocycles. The summed E-state index contributed by atoms with van der Waals surface area (Å²) in [7, 11) is 0. The maximum absolute atomic E-state index is 11.4. The monoisotopic (exact) mass is 502 g/mol. The molecule has 4 nitrogen and oxygen atoms in total. The average Bonchev–Trinajstić information content (AvgIpc) is 2.88. The highest BCUT2D eigenvalue weighted by Gasteiger charge is 2.26. The Morgan fingerprint density at radius 2 is 0.944 bits per heavy atom. The first-order valence-corrected chi connectivity index (χ1v) is 14.8. The number of carbonyl (C=O) groups is 2. The number of carbonyl (C=O) groups excluding carboxylic acids is 2. The van der Waals surface area contributed by atoms with Gasteiger partial charge in [-0.3, -0.25) is 0 Å². The van der Waals surface area contributed by atoms with Gasteiger partial charge in [-0.25, -0.2) is 9.59 Å². The van der Waals surface area contributed by atoms with Crippen LogP contribution in [0.4, 0.5) is 0 Å². The summed E-state index contributed by atoms with van der Waals surface area (Å²) in [5.41, 5.74) is 1.01. The molecule has 0 aromatic heterocycles. The Balaban J connectivity index is 0.000000269. The molecule has 3 saturated carbocycles. The van der Waals surface area contributed by atoms with E-state index >= 15 is 0 Å². The Kier molecular flexibility index (Phi) is 13.9. The first kappa shape index (κ1) is 30.6. The standard InChI is InChI=1S/C19H32O2.C13H22O2/c1-14(2)19(20)21-13-18-10-8-17(9-11-18)12-16-6-4-15(3)5-7-16;1-4-11-5-7-12(8-6-11)9-15-13(14)10(2)3/h15-18H,1,4-13H2,2-3H3;11-12H,2,4-9H2,1,3H3. The van der Waals surface area contributed by atoms with Gasteiger partial charge in [0.1, 0.15) is 0 Å². The van der Waals surface area contributed by atoms with Crippen molar-refractivity contribution in [1.82, 2.24) is 0 Å². The number of hydrogen-bond donors (Lipinski definition) is 0. The van der Waals surface area contributed by atoms with Crippen LogP contribution in [0.3, 0.4) is 0 Å². The third-order valence-corrected chi connectivity index (χ3v) is 8.91. The summed E-state index contributed by atoms with van der Waals surface area (Å²) < 4.78 is 10.5. The molecule has 0 unspecified atom stereocenters. The summed E-state index contributed by atoms with van der Waals surface area (Å²) in [5.74, 6) is 4.46. The fourth-order valence-corrected chi connectivity index (χ4v) is 6.11. The maximum Gasteiger partial charge on any atom is 0.333 e. The van der Waals surface area contributed by atoms with E-state index in [9.17, 15) is 9.59 Å². The van der Waals surface area contributed by atoms with Gasteiger partial charge in [0.15, 0.2) is 0 Å². The second-order valence-electron chi connectivity index (χ2n) is 12.3. The number of hydrogen-bond acceptors (Lipinski definition) is 4. The van der Waals surface area contributed by atoms with Crippen LogP contribution in [0, 0.1) is 35.5 Å². The van der Waals surface area contributed by atoms with E-state index < -0.39 is 0 Å². The smallest absolute Gasteiger partial charge is 0.333 e. The van der Waals surface area contributed by atoms with Gasteiger partial charge in [0.25, 0.3) is 0 Å². The zero-order chi connectivity index (χ0) is 26.5. The van der Waals surface area contributed by atoms with Crippen molar-refractivity contribution in [3.8, 4) is 0 Å². The van der Waals surface area contributed by atoms with Gasteiger partial charge in [0, 0.05) is 11.1 Å². The highest BCUT2D eigenvalue weighted by atomic mass is 16.5. The van der Waals surface area contributed by atoms with Gasteiger partial charge in [0.05, 0.1) is 13.2 Å². The van der Waals surface area contributed by atoms with E-state index in [-0.39, 0.29) is 11.9 Å². The normalized spacial score (nSPS) is 30.3. The minimum atomic E-state index is -0.243. The Morgan fingerprint density at radius 1 is 0.611 bits per heavy atom. The molecule has 0 aliphatic heterocycles. The van der Waals surface area contributed by atoms with Crippen LogP contribution in [-0.2, 0) is 19.1 Å². The number of ether oxygens (including phenoxy) is 2. The summed E-state index contributed by atoms with van der Waals surface area (Å²) >= 11 is 0. The highest BCUT2D eigenvalue weighted by Crippen LogP contribution is 2.38. The molecule has 0 radical (unpaired) electrons. The summed E-state index contributed by atoms with van der Waals surface area (Å²) in [6.07, 6.45) is 18.7. The molecule has 0 N–H and O–H groups in total. The van der Waals surface area contributed by atoms with E-state index in [1.165, 1.54) is 89.9 Å². The van der Waals surface area contributed by atoms with E-state index in [4.69, 9.17) is 9.47 Å². The lowest BCUT2D eigenvalue weighted by Gasteiger charge is -2.33. The molecule has 0 aromatic carbocycles. The Morgan fingerprint density at radius 3 is 1.31 bits per heavy atom. The van der Waals surface area contributed by atoms with Gasteiger partial charge >= 0.3 is 11.9 Å². The van der Waals surface area contributed by atoms with Crippen molar-refractivity contribution in [2.24, 2.45) is 35.5 Å². The van der Waals surface area contributed by atoms with Crippen molar-refractivity contribution < 1.29 is 19.1 Å². The molecule has 0 amide bonds. The van der Waals surface area contributed by atoms with Crippen molar-refractivity contribution in [2.45, 2.75) is 118 Å². The topological polar surface area (TPSA) is 52.6 Å². The van der Waals surface area contributed by atoms with E-state index in [1.807, 2.05) is 0 Å². The van der Waals surface area contributed by atoms with Gasteiger partial charge in [0.2, 0.25) is 0 Å². The Hall–Kier alpha value is -1.58. The molecular formula is C32H54O4. The molecule has 0 bridgehead atoms. The third kappa shape index (κ3) is 11.6. The molecule has 0 aromatic rings. The lowest BCUT2D eigenvalue weighted by Crippen LogP contribution is -2.23. The largest absolute Gasteiger partial charge is 0.462 e. The Bertz CT molecular complexity index is 687. The number of esters is 2. The highest BCUT2D eigenvalue weighted by molar-refractivity contribution is 5.87. The zero-order valence-corrected chi connectivity index (χ0v) is 23.8. The lowest BCUT2D eigenvalue weighted by molar-refractivity contribution is -0.141. The SMILES string of the molecule is C=C(C)C(=O)OCC1CCC(CC)CC1.C=C(C)C(=O)OCC1CCC(CC2CCC(C)CC2)CC1. The van der Waals surface area contributed by atoms with Crippen LogP contribution in [0.1, 0.15) is 118 Å². The predicted molar refractivity (Wildman–Crippen MR) is 148 cm³/mol. The van der Waals surface area contributed by atoms with Crippen LogP contribution in [0.25, 0.3) is 0 Å². The molecule has 0 spiro atoms. The zero-order valence-electron chi connectivity index (χ0n) is 23.8. The Labute approximate surface area is 221 Å². The summed E-state index contributed by atoms with van der Waals surface area (Å²) in [6, 6.07) is 0. The lowest BCUT2D eigenvalue weighted by atomic mass is 9.73. The second kappa shape index (κ2) is 16.3. The fourth-order valence-electron chi connectivity index (χ4n) is 6.11. The van der Waals surface area contributed by atoms with Crippen LogP contribution < -0.4 is 0 Å². The predicted octanol–water partition coefficient (Wildman–Crippen LogP) is 8.45. The molecule has 3 aliphatic rings. The first-order valence-electron chi connectivity index (χ1n) is 14.8. The summed E-state index contributed by atoms with van der Waals surface area (Å²) in [6.45, 7) is 16.4. The third-order valence-electron chi connectivity index (χ3n) is 8.91. The summed E-state index contributed by atoms with van der Waals surface area (Å²) in [4.78, 5) is 22.6. The van der Waals surface area contributed by atoms with Gasteiger partial charge in [-0.2, -0.15) is 0 Å². The van der Waals surface area contributed by atoms with Crippen LogP contribution in [0.5, 0.6) is 0 Å². The van der Waals surface area contributed by atoms with Crippen molar-refractivity contribution in [1.29, 1.82) is 0 Å². The number of rotatable bonds is 9. The molecular weight excluding hydrogens is 448 g/mol. The molecule has 4 heteroatoms. The van der Waals surface area contributed by atoms with Crippen LogP contribution in [0.2, 0.25) is 0 Å². The molecule has 3 rings (SSSR count). The molecule has 36 heavy (non-hydrogen) atoms. The van der Waals surface area contributed by atoms with Crippen LogP contribution in [-0.4, -0.2) is 25.2 Å². The van der Waals surface area contributed by atoms with E-state index in [2.05, 4.69) is 27.0 Å². The maximum atomic E-state index is 11.4. The quantitative estimate of drug-likeness (QED) is 0.234. The summed E-state index contributed by atoms with van der Waals surface area (Å²) in [5, 5.41) is 0.